The van der Waals surface area contributed by atoms with Crippen molar-refractivity contribution < 1.29 is 4.74 Å². The summed E-state index contributed by atoms with van der Waals surface area (Å²) >= 11 is 0. The maximum Gasteiger partial charge on any atom is 0.136 e. The maximum atomic E-state index is 5.82. The van der Waals surface area contributed by atoms with Gasteiger partial charge in [0, 0.05) is 39.3 Å². The van der Waals surface area contributed by atoms with E-state index in [0.29, 0.717) is 11.7 Å². The smallest absolute Gasteiger partial charge is 0.136 e. The zero-order chi connectivity index (χ0) is 12.3. The first-order chi connectivity index (χ1) is 8.20. The summed E-state index contributed by atoms with van der Waals surface area (Å²) in [6, 6.07) is 1.83. The number of nitrogens with zero attached hydrogens (tertiary/aromatic N) is 3. The SMILES string of the molecule is COCCCN(C)c1cc(N)nc(C2CC2)n1. The Kier molecular flexibility index (Phi) is 3.78. The monoisotopic (exact) mass is 236 g/mol. The summed E-state index contributed by atoms with van der Waals surface area (Å²) in [7, 11) is 3.74. The Morgan fingerprint density at radius 1 is 1.47 bits per heavy atom. The molecule has 94 valence electrons. The van der Waals surface area contributed by atoms with Crippen LogP contribution in [0.15, 0.2) is 6.07 Å². The summed E-state index contributed by atoms with van der Waals surface area (Å²) in [5.41, 5.74) is 5.82. The van der Waals surface area contributed by atoms with Gasteiger partial charge in [-0.15, -0.1) is 0 Å². The standard InChI is InChI=1S/C12H20N4O/c1-16(6-3-7-17-2)11-8-10(13)14-12(15-11)9-4-5-9/h8-9H,3-7H2,1-2H3,(H2,13,14,15). The lowest BCUT2D eigenvalue weighted by Crippen LogP contribution is -2.21. The third-order valence-corrected chi connectivity index (χ3v) is 2.93. The summed E-state index contributed by atoms with van der Waals surface area (Å²) < 4.78 is 5.04. The molecule has 1 aromatic rings. The van der Waals surface area contributed by atoms with Crippen LogP contribution in [0.1, 0.15) is 31.0 Å². The number of hydrogen-bond acceptors (Lipinski definition) is 5. The number of nitrogens with two attached hydrogens (primary N) is 1. The highest BCUT2D eigenvalue weighted by Gasteiger charge is 2.27. The molecule has 2 rings (SSSR count). The Morgan fingerprint density at radius 2 is 2.24 bits per heavy atom. The Hall–Kier alpha value is -1.36. The lowest BCUT2D eigenvalue weighted by molar-refractivity contribution is 0.196. The Bertz CT molecular complexity index is 379. The number of hydrogen-bond donors (Lipinski definition) is 1. The van der Waals surface area contributed by atoms with Crippen LogP contribution < -0.4 is 10.6 Å². The van der Waals surface area contributed by atoms with Crippen LogP contribution in [0.3, 0.4) is 0 Å². The average Bonchev–Trinajstić information content (AvgIpc) is 3.12. The number of nitrogen functional groups attached to an aromatic ring is 1. The van der Waals surface area contributed by atoms with Crippen LogP contribution in [0.4, 0.5) is 11.6 Å². The molecule has 17 heavy (non-hydrogen) atoms. The topological polar surface area (TPSA) is 64.3 Å². The number of anilines is 2. The van der Waals surface area contributed by atoms with Gasteiger partial charge in [0.15, 0.2) is 0 Å². The maximum absolute atomic E-state index is 5.82. The first-order valence-electron chi connectivity index (χ1n) is 6.05. The molecule has 5 heteroatoms. The van der Waals surface area contributed by atoms with E-state index in [2.05, 4.69) is 14.9 Å². The Labute approximate surface area is 102 Å². The van der Waals surface area contributed by atoms with Crippen molar-refractivity contribution in [1.29, 1.82) is 0 Å². The average molecular weight is 236 g/mol. The van der Waals surface area contributed by atoms with Crippen molar-refractivity contribution in [1.82, 2.24) is 9.97 Å². The van der Waals surface area contributed by atoms with Crippen molar-refractivity contribution in [3.8, 4) is 0 Å². The van der Waals surface area contributed by atoms with Crippen LogP contribution in [0.5, 0.6) is 0 Å². The first-order valence-corrected chi connectivity index (χ1v) is 6.05. The van der Waals surface area contributed by atoms with E-state index >= 15 is 0 Å². The minimum atomic E-state index is 0.532. The summed E-state index contributed by atoms with van der Waals surface area (Å²) in [5.74, 6) is 2.91. The van der Waals surface area contributed by atoms with Crippen molar-refractivity contribution in [2.75, 3.05) is 37.9 Å². The highest BCUT2D eigenvalue weighted by atomic mass is 16.5. The molecule has 0 aliphatic heterocycles. The van der Waals surface area contributed by atoms with E-state index in [-0.39, 0.29) is 0 Å². The highest BCUT2D eigenvalue weighted by Crippen LogP contribution is 2.38. The quantitative estimate of drug-likeness (QED) is 0.756. The molecule has 0 spiro atoms. The van der Waals surface area contributed by atoms with Gasteiger partial charge in [0.05, 0.1) is 0 Å². The fraction of sp³-hybridized carbons (Fsp3) is 0.667. The summed E-state index contributed by atoms with van der Waals surface area (Å²) in [6.45, 7) is 1.68. The number of ether oxygens (including phenoxy) is 1. The molecule has 0 bridgehead atoms. The second kappa shape index (κ2) is 5.31. The van der Waals surface area contributed by atoms with Crippen LogP contribution in [0.25, 0.3) is 0 Å². The molecule has 0 aromatic carbocycles. The molecule has 0 atom stereocenters. The van der Waals surface area contributed by atoms with E-state index in [4.69, 9.17) is 10.5 Å². The molecule has 1 aromatic heterocycles. The third-order valence-electron chi connectivity index (χ3n) is 2.93. The van der Waals surface area contributed by atoms with Gasteiger partial charge in [-0.2, -0.15) is 0 Å². The lowest BCUT2D eigenvalue weighted by atomic mass is 10.3. The molecule has 0 amide bonds. The van der Waals surface area contributed by atoms with Gasteiger partial charge in [0.1, 0.15) is 17.5 Å². The Morgan fingerprint density at radius 3 is 2.88 bits per heavy atom. The molecule has 1 aliphatic carbocycles. The van der Waals surface area contributed by atoms with Gasteiger partial charge in [-0.25, -0.2) is 9.97 Å². The zero-order valence-electron chi connectivity index (χ0n) is 10.5. The molecule has 1 fully saturated rings. The summed E-state index contributed by atoms with van der Waals surface area (Å²) in [5, 5.41) is 0. The van der Waals surface area contributed by atoms with Gasteiger partial charge in [0.25, 0.3) is 0 Å². The van der Waals surface area contributed by atoms with Crippen molar-refractivity contribution in [2.45, 2.75) is 25.2 Å². The van der Waals surface area contributed by atoms with Crippen LogP contribution >= 0.6 is 0 Å². The molecule has 0 unspecified atom stereocenters. The van der Waals surface area contributed by atoms with Crippen molar-refractivity contribution >= 4 is 11.6 Å². The van der Waals surface area contributed by atoms with Gasteiger partial charge in [-0.1, -0.05) is 0 Å². The van der Waals surface area contributed by atoms with E-state index < -0.39 is 0 Å². The molecule has 0 saturated heterocycles. The van der Waals surface area contributed by atoms with Gasteiger partial charge in [-0.3, -0.25) is 0 Å². The van der Waals surface area contributed by atoms with E-state index in [1.165, 1.54) is 12.8 Å². The molecular weight excluding hydrogens is 216 g/mol. The predicted octanol–water partition coefficient (Wildman–Crippen LogP) is 1.41. The minimum Gasteiger partial charge on any atom is -0.385 e. The molecule has 5 nitrogen and oxygen atoms in total. The molecule has 1 heterocycles. The van der Waals surface area contributed by atoms with E-state index in [1.807, 2.05) is 13.1 Å². The fourth-order valence-corrected chi connectivity index (χ4v) is 1.75. The third kappa shape index (κ3) is 3.30. The second-order valence-corrected chi connectivity index (χ2v) is 4.55. The second-order valence-electron chi connectivity index (χ2n) is 4.55. The van der Waals surface area contributed by atoms with Crippen LogP contribution in [-0.2, 0) is 4.74 Å². The minimum absolute atomic E-state index is 0.532. The number of rotatable bonds is 6. The number of aromatic nitrogens is 2. The summed E-state index contributed by atoms with van der Waals surface area (Å²) in [4.78, 5) is 11.0. The van der Waals surface area contributed by atoms with Crippen LogP contribution in [0, 0.1) is 0 Å². The largest absolute Gasteiger partial charge is 0.385 e. The van der Waals surface area contributed by atoms with Gasteiger partial charge in [-0.05, 0) is 19.3 Å². The van der Waals surface area contributed by atoms with E-state index in [1.54, 1.807) is 7.11 Å². The molecule has 2 N–H and O–H groups in total. The van der Waals surface area contributed by atoms with Gasteiger partial charge >= 0.3 is 0 Å². The molecule has 0 radical (unpaired) electrons. The lowest BCUT2D eigenvalue weighted by Gasteiger charge is -2.18. The Balaban J connectivity index is 2.03. The van der Waals surface area contributed by atoms with Crippen molar-refractivity contribution in [2.24, 2.45) is 0 Å². The van der Waals surface area contributed by atoms with Crippen LogP contribution in [0.2, 0.25) is 0 Å². The fourth-order valence-electron chi connectivity index (χ4n) is 1.75. The van der Waals surface area contributed by atoms with Gasteiger partial charge < -0.3 is 15.4 Å². The van der Waals surface area contributed by atoms with Crippen LogP contribution in [-0.4, -0.2) is 37.3 Å². The molecule has 1 aliphatic rings. The first kappa shape index (κ1) is 12.1. The van der Waals surface area contributed by atoms with Crippen molar-refractivity contribution in [3.63, 3.8) is 0 Å². The molecular formula is C12H20N4O. The normalized spacial score (nSPS) is 14.9. The molecule has 1 saturated carbocycles. The van der Waals surface area contributed by atoms with E-state index in [9.17, 15) is 0 Å². The zero-order valence-corrected chi connectivity index (χ0v) is 10.5. The highest BCUT2D eigenvalue weighted by molar-refractivity contribution is 5.47. The van der Waals surface area contributed by atoms with Gasteiger partial charge in [0.2, 0.25) is 0 Å². The van der Waals surface area contributed by atoms with Crippen molar-refractivity contribution in [3.05, 3.63) is 11.9 Å². The number of methoxy groups -OCH3 is 1. The summed E-state index contributed by atoms with van der Waals surface area (Å²) in [6.07, 6.45) is 3.36. The predicted molar refractivity (Wildman–Crippen MR) is 68.2 cm³/mol. The van der Waals surface area contributed by atoms with E-state index in [0.717, 1.165) is 31.2 Å².